The van der Waals surface area contributed by atoms with Crippen molar-refractivity contribution in [2.24, 2.45) is 5.92 Å². The second-order valence-corrected chi connectivity index (χ2v) is 4.02. The van der Waals surface area contributed by atoms with Gasteiger partial charge in [-0.2, -0.15) is 0 Å². The molecule has 0 aromatic carbocycles. The van der Waals surface area contributed by atoms with Crippen molar-refractivity contribution in [3.63, 3.8) is 0 Å². The number of methoxy groups -OCH3 is 1. The number of hydrogen-bond donors (Lipinski definition) is 0. The molecule has 80 valence electrons. The topological polar surface area (TPSA) is 12.5 Å². The Balaban J connectivity index is 3.53. The Morgan fingerprint density at radius 2 is 1.85 bits per heavy atom. The van der Waals surface area contributed by atoms with Crippen molar-refractivity contribution in [3.05, 3.63) is 0 Å². The smallest absolute Gasteiger partial charge is 0.0589 e. The summed E-state index contributed by atoms with van der Waals surface area (Å²) in [5, 5.41) is 0. The SMILES string of the molecule is CCCN(CCOC)CCC(C)C. The van der Waals surface area contributed by atoms with E-state index in [4.69, 9.17) is 4.74 Å². The van der Waals surface area contributed by atoms with Crippen molar-refractivity contribution in [2.45, 2.75) is 33.6 Å². The average Bonchev–Trinajstić information content (AvgIpc) is 2.09. The Bertz CT molecular complexity index is 104. The standard InChI is InChI=1S/C11H25NO/c1-5-7-12(9-10-13-4)8-6-11(2)3/h11H,5-10H2,1-4H3. The van der Waals surface area contributed by atoms with Crippen molar-refractivity contribution in [2.75, 3.05) is 33.4 Å². The van der Waals surface area contributed by atoms with Crippen LogP contribution in [0.15, 0.2) is 0 Å². The molecule has 0 spiro atoms. The molecule has 0 rings (SSSR count). The lowest BCUT2D eigenvalue weighted by Crippen LogP contribution is -2.29. The number of rotatable bonds is 8. The van der Waals surface area contributed by atoms with Crippen molar-refractivity contribution >= 4 is 0 Å². The quantitative estimate of drug-likeness (QED) is 0.578. The minimum Gasteiger partial charge on any atom is -0.383 e. The molecule has 2 nitrogen and oxygen atoms in total. The van der Waals surface area contributed by atoms with Gasteiger partial charge in [-0.15, -0.1) is 0 Å². The summed E-state index contributed by atoms with van der Waals surface area (Å²) in [4.78, 5) is 2.49. The van der Waals surface area contributed by atoms with E-state index >= 15 is 0 Å². The second-order valence-electron chi connectivity index (χ2n) is 4.02. The van der Waals surface area contributed by atoms with Gasteiger partial charge < -0.3 is 9.64 Å². The van der Waals surface area contributed by atoms with E-state index in [-0.39, 0.29) is 0 Å². The van der Waals surface area contributed by atoms with Crippen molar-refractivity contribution in [1.29, 1.82) is 0 Å². The monoisotopic (exact) mass is 187 g/mol. The normalized spacial score (nSPS) is 11.5. The highest BCUT2D eigenvalue weighted by Gasteiger charge is 2.03. The molecule has 0 aliphatic rings. The van der Waals surface area contributed by atoms with E-state index in [1.807, 2.05) is 0 Å². The molecular weight excluding hydrogens is 162 g/mol. The first kappa shape index (κ1) is 12.9. The minimum atomic E-state index is 0.807. The van der Waals surface area contributed by atoms with E-state index in [1.165, 1.54) is 25.9 Å². The van der Waals surface area contributed by atoms with Gasteiger partial charge in [0.25, 0.3) is 0 Å². The van der Waals surface area contributed by atoms with Crippen LogP contribution in [0.4, 0.5) is 0 Å². The first-order valence-electron chi connectivity index (χ1n) is 5.42. The summed E-state index contributed by atoms with van der Waals surface area (Å²) < 4.78 is 5.08. The summed E-state index contributed by atoms with van der Waals surface area (Å²) in [5.74, 6) is 0.807. The van der Waals surface area contributed by atoms with E-state index in [2.05, 4.69) is 25.7 Å². The van der Waals surface area contributed by atoms with Crippen LogP contribution in [-0.4, -0.2) is 38.3 Å². The first-order chi connectivity index (χ1) is 6.20. The van der Waals surface area contributed by atoms with Gasteiger partial charge in [0.1, 0.15) is 0 Å². The van der Waals surface area contributed by atoms with Crippen LogP contribution in [0.3, 0.4) is 0 Å². The summed E-state index contributed by atoms with van der Waals surface area (Å²) in [7, 11) is 1.77. The fourth-order valence-corrected chi connectivity index (χ4v) is 1.31. The summed E-state index contributed by atoms with van der Waals surface area (Å²) in [6.07, 6.45) is 2.53. The van der Waals surface area contributed by atoms with E-state index in [0.29, 0.717) is 0 Å². The summed E-state index contributed by atoms with van der Waals surface area (Å²) in [6.45, 7) is 11.1. The molecule has 0 aliphatic heterocycles. The van der Waals surface area contributed by atoms with E-state index < -0.39 is 0 Å². The second kappa shape index (κ2) is 8.52. The van der Waals surface area contributed by atoms with Crippen LogP contribution in [0.25, 0.3) is 0 Å². The van der Waals surface area contributed by atoms with Crippen molar-refractivity contribution < 1.29 is 4.74 Å². The molecule has 0 aliphatic carbocycles. The van der Waals surface area contributed by atoms with Gasteiger partial charge in [-0.05, 0) is 31.8 Å². The molecule has 0 bridgehead atoms. The fraction of sp³-hybridized carbons (Fsp3) is 1.00. The van der Waals surface area contributed by atoms with Gasteiger partial charge in [0.15, 0.2) is 0 Å². The third kappa shape index (κ3) is 8.26. The van der Waals surface area contributed by atoms with E-state index in [0.717, 1.165) is 19.1 Å². The Morgan fingerprint density at radius 3 is 2.31 bits per heavy atom. The van der Waals surface area contributed by atoms with Gasteiger partial charge in [0.2, 0.25) is 0 Å². The zero-order valence-electron chi connectivity index (χ0n) is 9.68. The molecule has 0 unspecified atom stereocenters. The summed E-state index contributed by atoms with van der Waals surface area (Å²) in [5.41, 5.74) is 0. The Morgan fingerprint density at radius 1 is 1.15 bits per heavy atom. The molecule has 0 radical (unpaired) electrons. The predicted octanol–water partition coefficient (Wildman–Crippen LogP) is 2.39. The minimum absolute atomic E-state index is 0.807. The lowest BCUT2D eigenvalue weighted by molar-refractivity contribution is 0.144. The lowest BCUT2D eigenvalue weighted by Gasteiger charge is -2.21. The van der Waals surface area contributed by atoms with Gasteiger partial charge in [-0.1, -0.05) is 20.8 Å². The van der Waals surface area contributed by atoms with Gasteiger partial charge in [0.05, 0.1) is 6.61 Å². The van der Waals surface area contributed by atoms with Crippen LogP contribution in [0.5, 0.6) is 0 Å². The maximum Gasteiger partial charge on any atom is 0.0589 e. The molecule has 13 heavy (non-hydrogen) atoms. The molecule has 0 saturated carbocycles. The first-order valence-corrected chi connectivity index (χ1v) is 5.42. The van der Waals surface area contributed by atoms with Crippen molar-refractivity contribution in [1.82, 2.24) is 4.90 Å². The predicted molar refractivity (Wildman–Crippen MR) is 58.1 cm³/mol. The Labute approximate surface area is 83.3 Å². The molecule has 0 amide bonds. The number of ether oxygens (including phenoxy) is 1. The largest absolute Gasteiger partial charge is 0.383 e. The molecule has 2 heteroatoms. The van der Waals surface area contributed by atoms with Crippen LogP contribution in [-0.2, 0) is 4.74 Å². The van der Waals surface area contributed by atoms with Crippen LogP contribution in [0, 0.1) is 5.92 Å². The van der Waals surface area contributed by atoms with Crippen LogP contribution in [0.2, 0.25) is 0 Å². The molecule has 0 aromatic heterocycles. The summed E-state index contributed by atoms with van der Waals surface area (Å²) in [6, 6.07) is 0. The molecule has 0 fully saturated rings. The lowest BCUT2D eigenvalue weighted by atomic mass is 10.1. The van der Waals surface area contributed by atoms with Gasteiger partial charge in [0, 0.05) is 13.7 Å². The Hall–Kier alpha value is -0.0800. The fourth-order valence-electron chi connectivity index (χ4n) is 1.31. The maximum atomic E-state index is 5.08. The van der Waals surface area contributed by atoms with Gasteiger partial charge in [-0.25, -0.2) is 0 Å². The maximum absolute atomic E-state index is 5.08. The molecule has 0 saturated heterocycles. The highest BCUT2D eigenvalue weighted by molar-refractivity contribution is 4.58. The zero-order chi connectivity index (χ0) is 10.1. The van der Waals surface area contributed by atoms with E-state index in [1.54, 1.807) is 7.11 Å². The number of nitrogens with zero attached hydrogens (tertiary/aromatic N) is 1. The van der Waals surface area contributed by atoms with Gasteiger partial charge >= 0.3 is 0 Å². The molecule has 0 N–H and O–H groups in total. The third-order valence-corrected chi connectivity index (χ3v) is 2.17. The highest BCUT2D eigenvalue weighted by atomic mass is 16.5. The highest BCUT2D eigenvalue weighted by Crippen LogP contribution is 2.02. The van der Waals surface area contributed by atoms with Gasteiger partial charge in [-0.3, -0.25) is 0 Å². The summed E-state index contributed by atoms with van der Waals surface area (Å²) >= 11 is 0. The average molecular weight is 187 g/mol. The zero-order valence-corrected chi connectivity index (χ0v) is 9.68. The molecule has 0 aromatic rings. The van der Waals surface area contributed by atoms with Crippen molar-refractivity contribution in [3.8, 4) is 0 Å². The Kier molecular flexibility index (Phi) is 8.46. The van der Waals surface area contributed by atoms with Crippen LogP contribution >= 0.6 is 0 Å². The molecule has 0 atom stereocenters. The van der Waals surface area contributed by atoms with Crippen LogP contribution < -0.4 is 0 Å². The molecular formula is C11H25NO. The van der Waals surface area contributed by atoms with Crippen LogP contribution in [0.1, 0.15) is 33.6 Å². The number of hydrogen-bond acceptors (Lipinski definition) is 2. The third-order valence-electron chi connectivity index (χ3n) is 2.17. The van der Waals surface area contributed by atoms with E-state index in [9.17, 15) is 0 Å². The molecule has 0 heterocycles.